The van der Waals surface area contributed by atoms with E-state index in [1.807, 2.05) is 31.2 Å². The normalized spacial score (nSPS) is 11.3. The minimum atomic E-state index is -3.87. The van der Waals surface area contributed by atoms with Gasteiger partial charge in [0.1, 0.15) is 5.75 Å². The number of ether oxygens (including phenoxy) is 1. The van der Waals surface area contributed by atoms with Crippen molar-refractivity contribution in [2.24, 2.45) is 5.10 Å². The molecule has 7 nitrogen and oxygen atoms in total. The molecule has 0 atom stereocenters. The number of benzene rings is 3. The van der Waals surface area contributed by atoms with Gasteiger partial charge in [-0.05, 0) is 60.5 Å². The zero-order valence-electron chi connectivity index (χ0n) is 16.5. The van der Waals surface area contributed by atoms with Crippen LogP contribution in [0.4, 0.5) is 5.69 Å². The molecular formula is C22H21N3O4S. The van der Waals surface area contributed by atoms with E-state index in [1.165, 1.54) is 31.4 Å². The van der Waals surface area contributed by atoms with Crippen LogP contribution in [0.15, 0.2) is 82.8 Å². The number of methoxy groups -OCH3 is 1. The molecular weight excluding hydrogens is 402 g/mol. The molecule has 1 amide bonds. The van der Waals surface area contributed by atoms with Crippen LogP contribution in [-0.4, -0.2) is 27.6 Å². The maximum atomic E-state index is 12.7. The van der Waals surface area contributed by atoms with Gasteiger partial charge in [0, 0.05) is 11.3 Å². The predicted octanol–water partition coefficient (Wildman–Crippen LogP) is 3.57. The number of sulfonamides is 1. The van der Waals surface area contributed by atoms with Crippen LogP contribution in [0, 0.1) is 6.92 Å². The Morgan fingerprint density at radius 3 is 2.43 bits per heavy atom. The first-order chi connectivity index (χ1) is 14.4. The van der Waals surface area contributed by atoms with Gasteiger partial charge in [-0.2, -0.15) is 5.10 Å². The Balaban J connectivity index is 1.72. The third-order valence-corrected chi connectivity index (χ3v) is 5.69. The number of carbonyl (C=O) groups is 1. The molecule has 0 radical (unpaired) electrons. The molecule has 8 heteroatoms. The number of amides is 1. The molecule has 3 aromatic carbocycles. The lowest BCUT2D eigenvalue weighted by atomic mass is 10.1. The van der Waals surface area contributed by atoms with Gasteiger partial charge < -0.3 is 4.74 Å². The van der Waals surface area contributed by atoms with Crippen LogP contribution in [0.25, 0.3) is 0 Å². The summed E-state index contributed by atoms with van der Waals surface area (Å²) in [5, 5.41) is 3.95. The van der Waals surface area contributed by atoms with E-state index < -0.39 is 15.9 Å². The van der Waals surface area contributed by atoms with Crippen LogP contribution < -0.4 is 14.9 Å². The number of nitrogens with one attached hydrogen (secondary N) is 2. The molecule has 3 rings (SSSR count). The van der Waals surface area contributed by atoms with Crippen molar-refractivity contribution >= 4 is 27.8 Å². The van der Waals surface area contributed by atoms with Crippen molar-refractivity contribution in [3.63, 3.8) is 0 Å². The average molecular weight is 423 g/mol. The van der Waals surface area contributed by atoms with Crippen LogP contribution in [-0.2, 0) is 10.0 Å². The number of anilines is 1. The summed E-state index contributed by atoms with van der Waals surface area (Å²) in [4.78, 5) is 12.3. The number of hydrogen-bond donors (Lipinski definition) is 2. The molecule has 154 valence electrons. The van der Waals surface area contributed by atoms with E-state index >= 15 is 0 Å². The second-order valence-electron chi connectivity index (χ2n) is 6.42. The zero-order valence-corrected chi connectivity index (χ0v) is 17.3. The van der Waals surface area contributed by atoms with Gasteiger partial charge in [-0.3, -0.25) is 9.52 Å². The second kappa shape index (κ2) is 9.23. The Kier molecular flexibility index (Phi) is 6.48. The lowest BCUT2D eigenvalue weighted by Gasteiger charge is -2.10. The van der Waals surface area contributed by atoms with Gasteiger partial charge in [0.15, 0.2) is 0 Å². The molecule has 0 spiro atoms. The molecule has 0 saturated carbocycles. The van der Waals surface area contributed by atoms with Crippen LogP contribution in [0.2, 0.25) is 0 Å². The molecule has 0 saturated heterocycles. The minimum Gasteiger partial charge on any atom is -0.497 e. The number of aryl methyl sites for hydroxylation is 1. The van der Waals surface area contributed by atoms with Crippen molar-refractivity contribution < 1.29 is 17.9 Å². The molecule has 0 aliphatic carbocycles. The van der Waals surface area contributed by atoms with Gasteiger partial charge in [-0.25, -0.2) is 13.8 Å². The van der Waals surface area contributed by atoms with Crippen molar-refractivity contribution in [2.75, 3.05) is 11.8 Å². The van der Waals surface area contributed by atoms with Gasteiger partial charge in [0.05, 0.1) is 18.2 Å². The largest absolute Gasteiger partial charge is 0.497 e. The molecule has 0 aliphatic rings. The molecule has 0 bridgehead atoms. The highest BCUT2D eigenvalue weighted by molar-refractivity contribution is 7.92. The maximum absolute atomic E-state index is 12.7. The third kappa shape index (κ3) is 5.24. The SMILES string of the molecule is COc1ccc(NS(=O)(=O)c2cccc(C(=O)NN=Cc3ccccc3C)c2)cc1. The highest BCUT2D eigenvalue weighted by Gasteiger charge is 2.16. The lowest BCUT2D eigenvalue weighted by Crippen LogP contribution is -2.19. The first-order valence-corrected chi connectivity index (χ1v) is 10.5. The monoisotopic (exact) mass is 423 g/mol. The molecule has 30 heavy (non-hydrogen) atoms. The summed E-state index contributed by atoms with van der Waals surface area (Å²) in [7, 11) is -2.34. The summed E-state index contributed by atoms with van der Waals surface area (Å²) in [6, 6.07) is 19.8. The first kappa shape index (κ1) is 21.1. The van der Waals surface area contributed by atoms with E-state index in [-0.39, 0.29) is 10.5 Å². The molecule has 0 aromatic heterocycles. The highest BCUT2D eigenvalue weighted by Crippen LogP contribution is 2.20. The summed E-state index contributed by atoms with van der Waals surface area (Å²) >= 11 is 0. The fourth-order valence-corrected chi connectivity index (χ4v) is 3.74. The minimum absolute atomic E-state index is 0.0335. The van der Waals surface area contributed by atoms with Crippen molar-refractivity contribution in [1.82, 2.24) is 5.43 Å². The summed E-state index contributed by atoms with van der Waals surface area (Å²) in [5.74, 6) is 0.101. The molecule has 3 aromatic rings. The summed E-state index contributed by atoms with van der Waals surface area (Å²) in [6.07, 6.45) is 1.54. The predicted molar refractivity (Wildman–Crippen MR) is 116 cm³/mol. The van der Waals surface area contributed by atoms with E-state index in [4.69, 9.17) is 4.74 Å². The van der Waals surface area contributed by atoms with Gasteiger partial charge in [0.25, 0.3) is 15.9 Å². The standard InChI is InChI=1S/C22H21N3O4S/c1-16-6-3-4-7-18(16)15-23-24-22(26)17-8-5-9-21(14-17)30(27,28)25-19-10-12-20(29-2)13-11-19/h3-15,25H,1-2H3,(H,24,26). The molecule has 2 N–H and O–H groups in total. The first-order valence-electron chi connectivity index (χ1n) is 9.05. The molecule has 0 unspecified atom stereocenters. The second-order valence-corrected chi connectivity index (χ2v) is 8.10. The molecule has 0 aliphatic heterocycles. The number of rotatable bonds is 7. The van der Waals surface area contributed by atoms with E-state index in [2.05, 4.69) is 15.2 Å². The topological polar surface area (TPSA) is 96.9 Å². The Morgan fingerprint density at radius 2 is 1.73 bits per heavy atom. The smallest absolute Gasteiger partial charge is 0.271 e. The number of hydrogen-bond acceptors (Lipinski definition) is 5. The average Bonchev–Trinajstić information content (AvgIpc) is 2.75. The van der Waals surface area contributed by atoms with E-state index in [1.54, 1.807) is 30.5 Å². The molecule has 0 heterocycles. The number of carbonyl (C=O) groups excluding carboxylic acids is 1. The van der Waals surface area contributed by atoms with E-state index in [0.717, 1.165) is 11.1 Å². The van der Waals surface area contributed by atoms with Gasteiger partial charge in [-0.1, -0.05) is 30.3 Å². The zero-order chi connectivity index (χ0) is 21.6. The maximum Gasteiger partial charge on any atom is 0.271 e. The van der Waals surface area contributed by atoms with Gasteiger partial charge in [0.2, 0.25) is 0 Å². The van der Waals surface area contributed by atoms with Crippen LogP contribution in [0.5, 0.6) is 5.75 Å². The quantitative estimate of drug-likeness (QED) is 0.448. The van der Waals surface area contributed by atoms with E-state index in [0.29, 0.717) is 11.4 Å². The summed E-state index contributed by atoms with van der Waals surface area (Å²) in [6.45, 7) is 1.94. The van der Waals surface area contributed by atoms with Crippen molar-refractivity contribution in [1.29, 1.82) is 0 Å². The number of nitrogens with zero attached hydrogens (tertiary/aromatic N) is 1. The summed E-state index contributed by atoms with van der Waals surface area (Å²) in [5.41, 5.74) is 4.87. The fraction of sp³-hybridized carbons (Fsp3) is 0.0909. The Labute approximate surface area is 175 Å². The van der Waals surface area contributed by atoms with Crippen LogP contribution in [0.1, 0.15) is 21.5 Å². The lowest BCUT2D eigenvalue weighted by molar-refractivity contribution is 0.0955. The van der Waals surface area contributed by atoms with Crippen molar-refractivity contribution in [3.8, 4) is 5.75 Å². The summed E-state index contributed by atoms with van der Waals surface area (Å²) < 4.78 is 32.9. The highest BCUT2D eigenvalue weighted by atomic mass is 32.2. The molecule has 0 fully saturated rings. The third-order valence-electron chi connectivity index (χ3n) is 4.31. The number of hydrazone groups is 1. The Morgan fingerprint density at radius 1 is 1.00 bits per heavy atom. The van der Waals surface area contributed by atoms with Gasteiger partial charge in [-0.15, -0.1) is 0 Å². The Bertz CT molecular complexity index is 1170. The van der Waals surface area contributed by atoms with Crippen molar-refractivity contribution in [3.05, 3.63) is 89.5 Å². The van der Waals surface area contributed by atoms with E-state index in [9.17, 15) is 13.2 Å². The van der Waals surface area contributed by atoms with Crippen LogP contribution >= 0.6 is 0 Å². The van der Waals surface area contributed by atoms with Crippen molar-refractivity contribution in [2.45, 2.75) is 11.8 Å². The van der Waals surface area contributed by atoms with Gasteiger partial charge >= 0.3 is 0 Å². The fourth-order valence-electron chi connectivity index (χ4n) is 2.63. The Hall–Kier alpha value is -3.65. The van der Waals surface area contributed by atoms with Crippen LogP contribution in [0.3, 0.4) is 0 Å².